The number of benzene rings is 2. The molecule has 4 aromatic rings. The molecule has 0 saturated heterocycles. The summed E-state index contributed by atoms with van der Waals surface area (Å²) in [6.45, 7) is 0. The van der Waals surface area contributed by atoms with E-state index in [1.807, 2.05) is 42.5 Å². The van der Waals surface area contributed by atoms with E-state index in [0.29, 0.717) is 17.0 Å². The van der Waals surface area contributed by atoms with E-state index in [0.717, 1.165) is 15.4 Å². The van der Waals surface area contributed by atoms with Gasteiger partial charge in [0.1, 0.15) is 11.3 Å². The van der Waals surface area contributed by atoms with Gasteiger partial charge in [-0.05, 0) is 18.2 Å². The maximum absolute atomic E-state index is 12.2. The Balaban J connectivity index is 1.83. The van der Waals surface area contributed by atoms with Crippen LogP contribution in [-0.4, -0.2) is 15.0 Å². The van der Waals surface area contributed by atoms with Gasteiger partial charge in [0.2, 0.25) is 0 Å². The molecule has 0 unspecified atom stereocenters. The molecule has 0 bridgehead atoms. The molecule has 2 aromatic carbocycles. The summed E-state index contributed by atoms with van der Waals surface area (Å²) in [5, 5.41) is 8.99. The minimum absolute atomic E-state index is 0.328. The third kappa shape index (κ3) is 2.57. The molecule has 0 amide bonds. The lowest BCUT2D eigenvalue weighted by Gasteiger charge is -2.01. The molecule has 0 radical (unpaired) electrons. The molecule has 0 aliphatic heterocycles. The minimum atomic E-state index is -0.458. The summed E-state index contributed by atoms with van der Waals surface area (Å²) in [5.41, 5.74) is 2.03. The van der Waals surface area contributed by atoms with E-state index in [-0.39, 0.29) is 0 Å². The number of halogens is 1. The van der Waals surface area contributed by atoms with Crippen LogP contribution in [0.2, 0.25) is 0 Å². The minimum Gasteiger partial charge on any atom is -0.421 e. The first-order valence-electron chi connectivity index (χ1n) is 6.92. The van der Waals surface area contributed by atoms with Crippen LogP contribution < -0.4 is 5.63 Å². The lowest BCUT2D eigenvalue weighted by molar-refractivity contribution is 0.550. The van der Waals surface area contributed by atoms with Gasteiger partial charge in [0.25, 0.3) is 0 Å². The summed E-state index contributed by atoms with van der Waals surface area (Å²) >= 11 is 3.36. The smallest absolute Gasteiger partial charge is 0.362 e. The molecule has 0 aliphatic carbocycles. The van der Waals surface area contributed by atoms with E-state index in [4.69, 9.17) is 4.42 Å². The second-order valence-corrected chi connectivity index (χ2v) is 5.93. The van der Waals surface area contributed by atoms with E-state index in [1.54, 1.807) is 18.3 Å². The summed E-state index contributed by atoms with van der Waals surface area (Å²) in [5.74, 6) is 0. The third-order valence-electron chi connectivity index (χ3n) is 3.49. The molecule has 23 heavy (non-hydrogen) atoms. The molecule has 112 valence electrons. The zero-order chi connectivity index (χ0) is 15.8. The predicted molar refractivity (Wildman–Crippen MR) is 90.5 cm³/mol. The first-order chi connectivity index (χ1) is 11.2. The van der Waals surface area contributed by atoms with Crippen molar-refractivity contribution in [1.82, 2.24) is 15.0 Å². The second-order valence-electron chi connectivity index (χ2n) is 5.02. The lowest BCUT2D eigenvalue weighted by Crippen LogP contribution is -2.10. The van der Waals surface area contributed by atoms with Crippen LogP contribution in [0.15, 0.2) is 74.5 Å². The molecule has 0 fully saturated rings. The first kappa shape index (κ1) is 13.9. The topological polar surface area (TPSA) is 60.9 Å². The van der Waals surface area contributed by atoms with E-state index < -0.39 is 5.63 Å². The molecule has 0 aliphatic rings. The zero-order valence-corrected chi connectivity index (χ0v) is 13.4. The average molecular weight is 368 g/mol. The fourth-order valence-corrected chi connectivity index (χ4v) is 2.70. The van der Waals surface area contributed by atoms with Crippen molar-refractivity contribution in [3.8, 4) is 16.9 Å². The van der Waals surface area contributed by atoms with Crippen molar-refractivity contribution in [2.75, 3.05) is 0 Å². The largest absolute Gasteiger partial charge is 0.421 e. The van der Waals surface area contributed by atoms with Gasteiger partial charge in [0.05, 0.1) is 6.20 Å². The van der Waals surface area contributed by atoms with Gasteiger partial charge < -0.3 is 4.42 Å². The van der Waals surface area contributed by atoms with Crippen LogP contribution >= 0.6 is 15.9 Å². The summed E-state index contributed by atoms with van der Waals surface area (Å²) in [6, 6.07) is 16.9. The van der Waals surface area contributed by atoms with Gasteiger partial charge in [0, 0.05) is 15.4 Å². The maximum atomic E-state index is 12.2. The molecular formula is C17H10BrN3O2. The summed E-state index contributed by atoms with van der Waals surface area (Å²) < 4.78 is 7.66. The molecule has 5 nitrogen and oxygen atoms in total. The van der Waals surface area contributed by atoms with Gasteiger partial charge in [-0.25, -0.2) is 9.48 Å². The maximum Gasteiger partial charge on any atom is 0.362 e. The Morgan fingerprint density at radius 3 is 2.70 bits per heavy atom. The number of aromatic nitrogens is 3. The van der Waals surface area contributed by atoms with E-state index in [1.165, 1.54) is 4.68 Å². The monoisotopic (exact) mass is 367 g/mol. The molecule has 0 saturated carbocycles. The highest BCUT2D eigenvalue weighted by atomic mass is 79.9. The zero-order valence-electron chi connectivity index (χ0n) is 11.8. The van der Waals surface area contributed by atoms with Crippen molar-refractivity contribution in [2.24, 2.45) is 0 Å². The first-order valence-corrected chi connectivity index (χ1v) is 7.71. The second kappa shape index (κ2) is 5.48. The highest BCUT2D eigenvalue weighted by Crippen LogP contribution is 2.21. The van der Waals surface area contributed by atoms with Crippen molar-refractivity contribution in [1.29, 1.82) is 0 Å². The SMILES string of the molecule is O=c1oc2cc(Br)ccc2cc1-n1cc(-c2ccccc2)nn1. The molecular weight excluding hydrogens is 358 g/mol. The van der Waals surface area contributed by atoms with E-state index >= 15 is 0 Å². The van der Waals surface area contributed by atoms with Crippen LogP contribution in [0.4, 0.5) is 0 Å². The van der Waals surface area contributed by atoms with Gasteiger partial charge in [0.15, 0.2) is 5.69 Å². The van der Waals surface area contributed by atoms with Gasteiger partial charge in [-0.15, -0.1) is 5.10 Å². The summed E-state index contributed by atoms with van der Waals surface area (Å²) in [6.07, 6.45) is 1.71. The number of rotatable bonds is 2. The van der Waals surface area contributed by atoms with Crippen LogP contribution in [-0.2, 0) is 0 Å². The quantitative estimate of drug-likeness (QED) is 0.505. The Morgan fingerprint density at radius 2 is 1.87 bits per heavy atom. The molecule has 0 atom stereocenters. The Morgan fingerprint density at radius 1 is 1.04 bits per heavy atom. The van der Waals surface area contributed by atoms with Crippen LogP contribution in [0, 0.1) is 0 Å². The normalized spacial score (nSPS) is 11.0. The van der Waals surface area contributed by atoms with Crippen molar-refractivity contribution < 1.29 is 4.42 Å². The highest BCUT2D eigenvalue weighted by molar-refractivity contribution is 9.10. The number of fused-ring (bicyclic) bond motifs is 1. The van der Waals surface area contributed by atoms with Gasteiger partial charge in [-0.1, -0.05) is 57.5 Å². The van der Waals surface area contributed by atoms with Crippen molar-refractivity contribution in [3.05, 3.63) is 75.7 Å². The number of hydrogen-bond acceptors (Lipinski definition) is 4. The van der Waals surface area contributed by atoms with E-state index in [2.05, 4.69) is 26.2 Å². The summed E-state index contributed by atoms with van der Waals surface area (Å²) in [4.78, 5) is 12.2. The van der Waals surface area contributed by atoms with Crippen molar-refractivity contribution in [2.45, 2.75) is 0 Å². The van der Waals surface area contributed by atoms with Crippen molar-refractivity contribution >= 4 is 26.9 Å². The lowest BCUT2D eigenvalue weighted by atomic mass is 10.2. The number of nitrogens with zero attached hydrogens (tertiary/aromatic N) is 3. The molecule has 2 heterocycles. The molecule has 0 N–H and O–H groups in total. The Bertz CT molecular complexity index is 1050. The summed E-state index contributed by atoms with van der Waals surface area (Å²) in [7, 11) is 0. The van der Waals surface area contributed by atoms with Crippen LogP contribution in [0.3, 0.4) is 0 Å². The highest BCUT2D eigenvalue weighted by Gasteiger charge is 2.11. The molecule has 6 heteroatoms. The Hall–Kier alpha value is -2.73. The van der Waals surface area contributed by atoms with Crippen LogP contribution in [0.25, 0.3) is 27.9 Å². The molecule has 2 aromatic heterocycles. The van der Waals surface area contributed by atoms with Crippen molar-refractivity contribution in [3.63, 3.8) is 0 Å². The fourth-order valence-electron chi connectivity index (χ4n) is 2.36. The van der Waals surface area contributed by atoms with Gasteiger partial charge >= 0.3 is 5.63 Å². The predicted octanol–water partition coefficient (Wildman–Crippen LogP) is 3.80. The van der Waals surface area contributed by atoms with E-state index in [9.17, 15) is 4.79 Å². The number of hydrogen-bond donors (Lipinski definition) is 0. The Labute approximate surface area is 139 Å². The standard InChI is InChI=1S/C17H10BrN3O2/c18-13-7-6-12-8-15(17(22)23-16(12)9-13)21-10-14(19-20-21)11-4-2-1-3-5-11/h1-10H. The van der Waals surface area contributed by atoms with Gasteiger partial charge in [-0.3, -0.25) is 0 Å². The van der Waals surface area contributed by atoms with Crippen LogP contribution in [0.1, 0.15) is 0 Å². The molecule has 4 rings (SSSR count). The Kier molecular flexibility index (Phi) is 3.31. The third-order valence-corrected chi connectivity index (χ3v) is 3.98. The van der Waals surface area contributed by atoms with Crippen LogP contribution in [0.5, 0.6) is 0 Å². The molecule has 0 spiro atoms. The van der Waals surface area contributed by atoms with Gasteiger partial charge in [-0.2, -0.15) is 0 Å². The fraction of sp³-hybridized carbons (Fsp3) is 0. The average Bonchev–Trinajstić information content (AvgIpc) is 3.05.